The number of ether oxygens (including phenoxy) is 1. The molecule has 9 heteroatoms. The molecule has 1 aliphatic rings. The van der Waals surface area contributed by atoms with Crippen LogP contribution in [-0.2, 0) is 14.3 Å². The first-order chi connectivity index (χ1) is 14.0. The van der Waals surface area contributed by atoms with Crippen LogP contribution in [0, 0.1) is 0 Å². The predicted molar refractivity (Wildman–Crippen MR) is 106 cm³/mol. The number of imide groups is 1. The van der Waals surface area contributed by atoms with E-state index in [1.54, 1.807) is 47.8 Å². The number of rotatable bonds is 5. The smallest absolute Gasteiger partial charge is 0.329 e. The third-order valence-electron chi connectivity index (χ3n) is 4.56. The molecule has 1 saturated heterocycles. The fourth-order valence-electron chi connectivity index (χ4n) is 3.13. The third kappa shape index (κ3) is 4.80. The van der Waals surface area contributed by atoms with E-state index < -0.39 is 30.1 Å². The molecule has 0 radical (unpaired) electrons. The van der Waals surface area contributed by atoms with Gasteiger partial charge in [-0.2, -0.15) is 0 Å². The van der Waals surface area contributed by atoms with Gasteiger partial charge >= 0.3 is 12.0 Å². The Labute approximate surface area is 171 Å². The van der Waals surface area contributed by atoms with Gasteiger partial charge in [0.2, 0.25) is 6.10 Å². The van der Waals surface area contributed by atoms with Crippen molar-refractivity contribution in [1.29, 1.82) is 0 Å². The molecule has 0 saturated carbocycles. The molecule has 8 nitrogen and oxygen atoms in total. The lowest BCUT2D eigenvalue weighted by atomic mass is 10.1. The molecule has 2 atom stereocenters. The second-order valence-electron chi connectivity index (χ2n) is 6.43. The maximum Gasteiger partial charge on any atom is 0.329 e. The van der Waals surface area contributed by atoms with Crippen LogP contribution in [0.2, 0.25) is 0 Å². The predicted octanol–water partition coefficient (Wildman–Crippen LogP) is 2.09. The molecule has 1 aromatic carbocycles. The normalized spacial score (nSPS) is 16.7. The van der Waals surface area contributed by atoms with Gasteiger partial charge in [-0.15, -0.1) is 11.3 Å². The van der Waals surface area contributed by atoms with E-state index in [-0.39, 0.29) is 5.91 Å². The first-order valence-electron chi connectivity index (χ1n) is 9.13. The van der Waals surface area contributed by atoms with Crippen LogP contribution in [0.15, 0.2) is 47.8 Å². The Morgan fingerprint density at radius 3 is 2.55 bits per heavy atom. The molecule has 2 N–H and O–H groups in total. The number of likely N-dealkylation sites (tertiary alicyclic amines) is 1. The van der Waals surface area contributed by atoms with Gasteiger partial charge in [-0.05, 0) is 24.3 Å². The number of nitrogens with zero attached hydrogens (tertiary/aromatic N) is 1. The number of carbonyl (C=O) groups is 4. The molecule has 0 bridgehead atoms. The number of hydrogen-bond acceptors (Lipinski definition) is 6. The van der Waals surface area contributed by atoms with E-state index in [0.29, 0.717) is 29.8 Å². The van der Waals surface area contributed by atoms with Gasteiger partial charge in [0.05, 0.1) is 4.88 Å². The number of hydrogen-bond donors (Lipinski definition) is 2. The molecule has 1 fully saturated rings. The van der Waals surface area contributed by atoms with Gasteiger partial charge in [-0.25, -0.2) is 9.59 Å². The van der Waals surface area contributed by atoms with Gasteiger partial charge in [0, 0.05) is 19.2 Å². The summed E-state index contributed by atoms with van der Waals surface area (Å²) >= 11 is 1.30. The van der Waals surface area contributed by atoms with E-state index in [2.05, 4.69) is 10.6 Å². The SMILES string of the molecule is CNC(=O)NC(=O)[C@@H](OC(=O)[C@@H]1CCCN1C(=O)c1cccs1)c1ccccc1. The topological polar surface area (TPSA) is 105 Å². The number of nitrogens with one attached hydrogen (secondary N) is 2. The van der Waals surface area contributed by atoms with Crippen molar-refractivity contribution in [1.82, 2.24) is 15.5 Å². The highest BCUT2D eigenvalue weighted by Crippen LogP contribution is 2.26. The zero-order chi connectivity index (χ0) is 20.8. The lowest BCUT2D eigenvalue weighted by molar-refractivity contribution is -0.159. The molecule has 1 aromatic heterocycles. The summed E-state index contributed by atoms with van der Waals surface area (Å²) in [7, 11) is 1.37. The van der Waals surface area contributed by atoms with E-state index in [1.165, 1.54) is 23.3 Å². The fourth-order valence-corrected chi connectivity index (χ4v) is 3.81. The van der Waals surface area contributed by atoms with Crippen molar-refractivity contribution in [2.24, 2.45) is 0 Å². The minimum absolute atomic E-state index is 0.231. The number of benzene rings is 1. The first kappa shape index (κ1) is 20.5. The molecule has 1 aliphatic heterocycles. The van der Waals surface area contributed by atoms with Gasteiger partial charge < -0.3 is 15.0 Å². The summed E-state index contributed by atoms with van der Waals surface area (Å²) in [5, 5.41) is 6.22. The molecule has 2 heterocycles. The zero-order valence-electron chi connectivity index (χ0n) is 15.8. The van der Waals surface area contributed by atoms with Crippen LogP contribution in [0.3, 0.4) is 0 Å². The Kier molecular flexibility index (Phi) is 6.61. The van der Waals surface area contributed by atoms with Crippen LogP contribution >= 0.6 is 11.3 Å². The van der Waals surface area contributed by atoms with Gasteiger partial charge in [0.15, 0.2) is 0 Å². The maximum atomic E-state index is 12.9. The highest BCUT2D eigenvalue weighted by molar-refractivity contribution is 7.12. The van der Waals surface area contributed by atoms with Crippen molar-refractivity contribution >= 4 is 35.2 Å². The quantitative estimate of drug-likeness (QED) is 0.728. The number of carbonyl (C=O) groups excluding carboxylic acids is 4. The molecule has 29 heavy (non-hydrogen) atoms. The van der Waals surface area contributed by atoms with Crippen molar-refractivity contribution in [3.63, 3.8) is 0 Å². The molecular formula is C20H21N3O5S. The van der Waals surface area contributed by atoms with Crippen molar-refractivity contribution in [3.8, 4) is 0 Å². The van der Waals surface area contributed by atoms with E-state index in [4.69, 9.17) is 4.74 Å². The number of amides is 4. The standard InChI is InChI=1S/C20H21N3O5S/c1-21-20(27)22-17(24)16(13-7-3-2-4-8-13)28-19(26)14-9-5-11-23(14)18(25)15-10-6-12-29-15/h2-4,6-8,10,12,14,16H,5,9,11H2,1H3,(H2,21,22,24,27)/t14-,16-/m0/s1. The molecule has 0 unspecified atom stereocenters. The van der Waals surface area contributed by atoms with E-state index in [9.17, 15) is 19.2 Å². The van der Waals surface area contributed by atoms with Crippen molar-refractivity contribution in [2.45, 2.75) is 25.0 Å². The summed E-state index contributed by atoms with van der Waals surface area (Å²) in [6.07, 6.45) is -0.188. The van der Waals surface area contributed by atoms with Crippen molar-refractivity contribution < 1.29 is 23.9 Å². The second kappa shape index (κ2) is 9.33. The summed E-state index contributed by atoms with van der Waals surface area (Å²) in [5.41, 5.74) is 0.427. The molecule has 0 aliphatic carbocycles. The van der Waals surface area contributed by atoms with Crippen molar-refractivity contribution in [3.05, 3.63) is 58.3 Å². The van der Waals surface area contributed by atoms with E-state index in [0.717, 1.165) is 0 Å². The lowest BCUT2D eigenvalue weighted by Gasteiger charge is -2.25. The van der Waals surface area contributed by atoms with Crippen LogP contribution in [0.4, 0.5) is 4.79 Å². The average molecular weight is 415 g/mol. The molecule has 3 rings (SSSR count). The Morgan fingerprint density at radius 1 is 1.14 bits per heavy atom. The van der Waals surface area contributed by atoms with Crippen LogP contribution in [0.1, 0.15) is 34.2 Å². The minimum Gasteiger partial charge on any atom is -0.446 e. The highest BCUT2D eigenvalue weighted by Gasteiger charge is 2.38. The first-order valence-corrected chi connectivity index (χ1v) is 10.0. The molecular weight excluding hydrogens is 394 g/mol. The number of thiophene rings is 1. The molecule has 2 aromatic rings. The summed E-state index contributed by atoms with van der Waals surface area (Å²) in [6, 6.07) is 10.4. The lowest BCUT2D eigenvalue weighted by Crippen LogP contribution is -2.44. The molecule has 4 amide bonds. The van der Waals surface area contributed by atoms with E-state index >= 15 is 0 Å². The fraction of sp³-hybridized carbons (Fsp3) is 0.300. The Hall–Kier alpha value is -3.20. The van der Waals surface area contributed by atoms with Crippen LogP contribution in [0.25, 0.3) is 0 Å². The number of urea groups is 1. The van der Waals surface area contributed by atoms with Crippen LogP contribution < -0.4 is 10.6 Å². The van der Waals surface area contributed by atoms with Crippen LogP contribution in [0.5, 0.6) is 0 Å². The summed E-state index contributed by atoms with van der Waals surface area (Å²) in [4.78, 5) is 51.7. The summed E-state index contributed by atoms with van der Waals surface area (Å²) in [5.74, 6) is -1.67. The molecule has 0 spiro atoms. The van der Waals surface area contributed by atoms with Crippen LogP contribution in [-0.4, -0.2) is 48.3 Å². The van der Waals surface area contributed by atoms with Gasteiger partial charge in [-0.3, -0.25) is 14.9 Å². The minimum atomic E-state index is -1.31. The highest BCUT2D eigenvalue weighted by atomic mass is 32.1. The second-order valence-corrected chi connectivity index (χ2v) is 7.38. The zero-order valence-corrected chi connectivity index (χ0v) is 16.6. The monoisotopic (exact) mass is 415 g/mol. The maximum absolute atomic E-state index is 12.9. The summed E-state index contributed by atoms with van der Waals surface area (Å²) in [6.45, 7) is 0.441. The Bertz CT molecular complexity index is 885. The van der Waals surface area contributed by atoms with Crippen molar-refractivity contribution in [2.75, 3.05) is 13.6 Å². The Balaban J connectivity index is 1.77. The molecule has 152 valence electrons. The number of esters is 1. The Morgan fingerprint density at radius 2 is 1.90 bits per heavy atom. The van der Waals surface area contributed by atoms with E-state index in [1.807, 2.05) is 0 Å². The van der Waals surface area contributed by atoms with Gasteiger partial charge in [0.25, 0.3) is 11.8 Å². The van der Waals surface area contributed by atoms with Gasteiger partial charge in [0.1, 0.15) is 6.04 Å². The summed E-state index contributed by atoms with van der Waals surface area (Å²) < 4.78 is 5.50. The average Bonchev–Trinajstić information content (AvgIpc) is 3.44. The largest absolute Gasteiger partial charge is 0.446 e. The van der Waals surface area contributed by atoms with Gasteiger partial charge in [-0.1, -0.05) is 36.4 Å². The third-order valence-corrected chi connectivity index (χ3v) is 5.41.